The second-order valence-corrected chi connectivity index (χ2v) is 11.8. The van der Waals surface area contributed by atoms with Crippen LogP contribution in [0.25, 0.3) is 0 Å². The number of carbonyl (C=O) groups is 3. The van der Waals surface area contributed by atoms with E-state index in [9.17, 15) is 14.4 Å². The molecule has 202 valence electrons. The molecule has 3 N–H and O–H groups in total. The Morgan fingerprint density at radius 2 is 1.51 bits per heavy atom. The van der Waals surface area contributed by atoms with Crippen molar-refractivity contribution in [2.75, 3.05) is 5.75 Å². The second-order valence-electron chi connectivity index (χ2n) is 10.6. The maximum absolute atomic E-state index is 12.2. The predicted octanol–water partition coefficient (Wildman–Crippen LogP) is 6.27. The predicted molar refractivity (Wildman–Crippen MR) is 147 cm³/mol. The molecular weight excluding hydrogens is 458 g/mol. The third-order valence-electron chi connectivity index (χ3n) is 7.46. The van der Waals surface area contributed by atoms with Gasteiger partial charge in [-0.1, -0.05) is 103 Å². The first-order valence-electron chi connectivity index (χ1n) is 14.6. The smallest absolute Gasteiger partial charge is 0.315 e. The fraction of sp³-hybridized carbons (Fsp3) is 0.893. The number of urea groups is 1. The molecule has 0 saturated carbocycles. The van der Waals surface area contributed by atoms with Crippen LogP contribution in [0, 0.1) is 0 Å². The van der Waals surface area contributed by atoms with E-state index in [2.05, 4.69) is 22.9 Å². The second kappa shape index (κ2) is 18.9. The fourth-order valence-electron chi connectivity index (χ4n) is 5.29. The summed E-state index contributed by atoms with van der Waals surface area (Å²) in [6.45, 7) is 2.27. The lowest BCUT2D eigenvalue weighted by Crippen LogP contribution is -2.37. The third kappa shape index (κ3) is 13.0. The van der Waals surface area contributed by atoms with Crippen LogP contribution in [0.3, 0.4) is 0 Å². The Morgan fingerprint density at radius 3 is 2.11 bits per heavy atom. The van der Waals surface area contributed by atoms with E-state index in [0.29, 0.717) is 11.7 Å². The molecule has 0 aromatic carbocycles. The minimum atomic E-state index is -0.342. The van der Waals surface area contributed by atoms with Gasteiger partial charge in [0.15, 0.2) is 0 Å². The van der Waals surface area contributed by atoms with Gasteiger partial charge in [0.2, 0.25) is 5.91 Å². The maximum Gasteiger partial charge on any atom is 0.315 e. The van der Waals surface area contributed by atoms with Crippen LogP contribution in [0.15, 0.2) is 0 Å². The number of hydrogen-bond acceptors (Lipinski definition) is 4. The highest BCUT2D eigenvalue weighted by molar-refractivity contribution is 8.00. The molecule has 2 rings (SSSR count). The molecule has 2 heterocycles. The van der Waals surface area contributed by atoms with Crippen molar-refractivity contribution in [3.05, 3.63) is 0 Å². The van der Waals surface area contributed by atoms with Gasteiger partial charge in [-0.05, 0) is 19.3 Å². The summed E-state index contributed by atoms with van der Waals surface area (Å²) in [6.07, 6.45) is 23.4. The molecule has 2 aliphatic rings. The number of thioether (sulfide) groups is 1. The molecule has 2 saturated heterocycles. The topological polar surface area (TPSA) is 87.3 Å². The maximum atomic E-state index is 12.2. The van der Waals surface area contributed by atoms with Crippen molar-refractivity contribution < 1.29 is 14.4 Å². The molecule has 4 atom stereocenters. The van der Waals surface area contributed by atoms with E-state index in [1.807, 2.05) is 11.8 Å². The Morgan fingerprint density at radius 1 is 0.914 bits per heavy atom. The molecular formula is C28H51N3O3S. The summed E-state index contributed by atoms with van der Waals surface area (Å²) >= 11 is 1.91. The first kappa shape index (κ1) is 30.0. The van der Waals surface area contributed by atoms with Crippen LogP contribution in [-0.4, -0.2) is 47.4 Å². The third-order valence-corrected chi connectivity index (χ3v) is 8.97. The monoisotopic (exact) mass is 509 g/mol. The Balaban J connectivity index is 1.37. The van der Waals surface area contributed by atoms with Crippen LogP contribution >= 0.6 is 11.8 Å². The van der Waals surface area contributed by atoms with Crippen molar-refractivity contribution in [1.29, 1.82) is 0 Å². The summed E-state index contributed by atoms with van der Waals surface area (Å²) in [6, 6.07) is 0.0871. The molecule has 2 aliphatic heterocycles. The lowest BCUT2D eigenvalue weighted by atomic mass is 10.0. The van der Waals surface area contributed by atoms with E-state index in [-0.39, 0.29) is 30.1 Å². The Labute approximate surface area is 218 Å². The lowest BCUT2D eigenvalue weighted by Gasteiger charge is -2.16. The molecule has 7 heteroatoms. The van der Waals surface area contributed by atoms with E-state index < -0.39 is 0 Å². The molecule has 0 aromatic rings. The zero-order chi connectivity index (χ0) is 25.1. The fourth-order valence-corrected chi connectivity index (χ4v) is 6.83. The number of carbonyl (C=O) groups excluding carboxylic acids is 3. The van der Waals surface area contributed by atoms with Gasteiger partial charge in [0, 0.05) is 17.4 Å². The average molecular weight is 510 g/mol. The number of hydrogen-bond donors (Lipinski definition) is 3. The largest absolute Gasteiger partial charge is 0.347 e. The van der Waals surface area contributed by atoms with Gasteiger partial charge in [0.05, 0.1) is 18.1 Å². The van der Waals surface area contributed by atoms with Gasteiger partial charge < -0.3 is 20.7 Å². The SMILES string of the molecule is CCCCCCCCCCCCCCCCC(C=O)NC(=O)CCCCC1SCC2NC(=O)NC21. The molecule has 0 aromatic heterocycles. The minimum absolute atomic E-state index is 0.0137. The summed E-state index contributed by atoms with van der Waals surface area (Å²) in [7, 11) is 0. The number of aldehydes is 1. The Hall–Kier alpha value is -1.24. The normalized spacial score (nSPS) is 21.9. The van der Waals surface area contributed by atoms with Gasteiger partial charge in [-0.15, -0.1) is 0 Å². The molecule has 0 bridgehead atoms. The van der Waals surface area contributed by atoms with Gasteiger partial charge in [-0.2, -0.15) is 11.8 Å². The highest BCUT2D eigenvalue weighted by atomic mass is 32.2. The van der Waals surface area contributed by atoms with Crippen LogP contribution < -0.4 is 16.0 Å². The highest BCUT2D eigenvalue weighted by Gasteiger charge is 2.42. The van der Waals surface area contributed by atoms with Gasteiger partial charge in [-0.3, -0.25) is 4.79 Å². The van der Waals surface area contributed by atoms with Gasteiger partial charge >= 0.3 is 6.03 Å². The number of nitrogens with one attached hydrogen (secondary N) is 3. The van der Waals surface area contributed by atoms with Crippen LogP contribution in [0.1, 0.15) is 129 Å². The summed E-state index contributed by atoms with van der Waals surface area (Å²) in [5, 5.41) is 9.31. The number of unbranched alkanes of at least 4 members (excludes halogenated alkanes) is 14. The average Bonchev–Trinajstić information content (AvgIpc) is 3.40. The van der Waals surface area contributed by atoms with Crippen molar-refractivity contribution >= 4 is 30.0 Å². The quantitative estimate of drug-likeness (QED) is 0.0912. The van der Waals surface area contributed by atoms with Crippen LogP contribution in [0.5, 0.6) is 0 Å². The van der Waals surface area contributed by atoms with Crippen LogP contribution in [-0.2, 0) is 9.59 Å². The van der Waals surface area contributed by atoms with Gasteiger partial charge in [0.1, 0.15) is 6.29 Å². The summed E-state index contributed by atoms with van der Waals surface area (Å²) in [5.74, 6) is 0.953. The molecule has 0 radical (unpaired) electrons. The van der Waals surface area contributed by atoms with Gasteiger partial charge in [-0.25, -0.2) is 4.79 Å². The summed E-state index contributed by atoms with van der Waals surface area (Å²) < 4.78 is 0. The van der Waals surface area contributed by atoms with Crippen molar-refractivity contribution in [1.82, 2.24) is 16.0 Å². The van der Waals surface area contributed by atoms with E-state index in [1.54, 1.807) is 0 Å². The minimum Gasteiger partial charge on any atom is -0.347 e. The zero-order valence-corrected chi connectivity index (χ0v) is 23.0. The molecule has 6 nitrogen and oxygen atoms in total. The van der Waals surface area contributed by atoms with Crippen LogP contribution in [0.2, 0.25) is 0 Å². The Bertz CT molecular complexity index is 604. The Kier molecular flexibility index (Phi) is 16.2. The van der Waals surface area contributed by atoms with E-state index in [1.165, 1.54) is 77.0 Å². The first-order valence-corrected chi connectivity index (χ1v) is 15.6. The lowest BCUT2D eigenvalue weighted by molar-refractivity contribution is -0.124. The number of rotatable bonds is 22. The molecule has 3 amide bonds. The molecule has 2 fully saturated rings. The van der Waals surface area contributed by atoms with Crippen molar-refractivity contribution in [3.63, 3.8) is 0 Å². The van der Waals surface area contributed by atoms with Crippen molar-refractivity contribution in [3.8, 4) is 0 Å². The van der Waals surface area contributed by atoms with Crippen LogP contribution in [0.4, 0.5) is 4.79 Å². The first-order chi connectivity index (χ1) is 17.1. The molecule has 0 aliphatic carbocycles. The standard InChI is InChI=1S/C28H51N3O3S/c1-2-3-4-5-6-7-8-9-10-11-12-13-14-15-18-23(21-32)29-26(33)20-17-16-19-25-27-24(22-35-25)30-28(34)31-27/h21,23-25,27H,2-20,22H2,1H3,(H,29,33)(H2,30,31,34). The number of amides is 3. The zero-order valence-electron chi connectivity index (χ0n) is 22.2. The van der Waals surface area contributed by atoms with E-state index in [0.717, 1.165) is 50.6 Å². The van der Waals surface area contributed by atoms with Gasteiger partial charge in [0.25, 0.3) is 0 Å². The van der Waals surface area contributed by atoms with E-state index in [4.69, 9.17) is 0 Å². The molecule has 35 heavy (non-hydrogen) atoms. The molecule has 0 spiro atoms. The van der Waals surface area contributed by atoms with E-state index >= 15 is 0 Å². The number of fused-ring (bicyclic) bond motifs is 1. The van der Waals surface area contributed by atoms with Crippen molar-refractivity contribution in [2.45, 2.75) is 152 Å². The highest BCUT2D eigenvalue weighted by Crippen LogP contribution is 2.33. The summed E-state index contributed by atoms with van der Waals surface area (Å²) in [4.78, 5) is 35.1. The summed E-state index contributed by atoms with van der Waals surface area (Å²) in [5.41, 5.74) is 0. The molecule has 4 unspecified atom stereocenters. The van der Waals surface area contributed by atoms with Crippen molar-refractivity contribution in [2.24, 2.45) is 0 Å².